The molecule has 0 atom stereocenters. The molecule has 1 aliphatic heterocycles. The Morgan fingerprint density at radius 3 is 2.74 bits per heavy atom. The Labute approximate surface area is 156 Å². The molecule has 2 heterocycles. The molecule has 0 aliphatic carbocycles. The molecule has 7 nitrogen and oxygen atoms in total. The first kappa shape index (κ1) is 19.4. The number of thiazole rings is 1. The van der Waals surface area contributed by atoms with E-state index in [2.05, 4.69) is 14.5 Å². The predicted octanol–water partition coefficient (Wildman–Crippen LogP) is 3.59. The van der Waals surface area contributed by atoms with Crippen molar-refractivity contribution in [3.63, 3.8) is 0 Å². The zero-order valence-electron chi connectivity index (χ0n) is 13.9. The molecule has 146 valence electrons. The van der Waals surface area contributed by atoms with E-state index in [4.69, 9.17) is 0 Å². The van der Waals surface area contributed by atoms with Crippen molar-refractivity contribution in [3.8, 4) is 0 Å². The van der Waals surface area contributed by atoms with Gasteiger partial charge in [-0.1, -0.05) is 17.4 Å². The van der Waals surface area contributed by atoms with E-state index in [0.717, 1.165) is 21.9 Å². The summed E-state index contributed by atoms with van der Waals surface area (Å²) in [6, 6.07) is 5.20. The van der Waals surface area contributed by atoms with Gasteiger partial charge in [-0.3, -0.25) is 5.32 Å². The Morgan fingerprint density at radius 1 is 1.37 bits per heavy atom. The molecular weight excluding hydrogens is 407 g/mol. The second-order valence-electron chi connectivity index (χ2n) is 5.77. The second-order valence-corrected chi connectivity index (χ2v) is 8.34. The average molecular weight is 421 g/mol. The molecule has 27 heavy (non-hydrogen) atoms. The molecule has 1 aromatic carbocycles. The number of alkyl halides is 3. The highest BCUT2D eigenvalue weighted by Crippen LogP contribution is 2.29. The van der Waals surface area contributed by atoms with E-state index in [9.17, 15) is 26.4 Å². The Kier molecular flexibility index (Phi) is 5.04. The first-order chi connectivity index (χ1) is 12.5. The van der Waals surface area contributed by atoms with E-state index in [-0.39, 0.29) is 25.3 Å². The molecule has 0 saturated carbocycles. The number of carbonyl (C=O) groups is 1. The molecule has 1 aliphatic rings. The average Bonchev–Trinajstić information content (AvgIpc) is 2.95. The van der Waals surface area contributed by atoms with Crippen molar-refractivity contribution < 1.29 is 30.6 Å². The largest absolute Gasteiger partial charge is 0.534 e. The van der Waals surface area contributed by atoms with Gasteiger partial charge in [0.1, 0.15) is 5.76 Å². The molecule has 1 N–H and O–H groups in total. The van der Waals surface area contributed by atoms with Crippen LogP contribution in [0.4, 0.5) is 23.1 Å². The van der Waals surface area contributed by atoms with Crippen LogP contribution in [-0.2, 0) is 14.3 Å². The molecular formula is C15H14F3N3O4S2. The van der Waals surface area contributed by atoms with E-state index >= 15 is 0 Å². The van der Waals surface area contributed by atoms with Crippen molar-refractivity contribution >= 4 is 42.8 Å². The third-order valence-corrected chi connectivity index (χ3v) is 5.65. The van der Waals surface area contributed by atoms with E-state index in [1.807, 2.05) is 25.1 Å². The summed E-state index contributed by atoms with van der Waals surface area (Å²) < 4.78 is 64.0. The highest BCUT2D eigenvalue weighted by molar-refractivity contribution is 7.87. The van der Waals surface area contributed by atoms with Crippen molar-refractivity contribution in [2.75, 3.05) is 18.4 Å². The lowest BCUT2D eigenvalue weighted by Crippen LogP contribution is -2.38. The van der Waals surface area contributed by atoms with Crippen LogP contribution in [-0.4, -0.2) is 42.9 Å². The molecule has 0 unspecified atom stereocenters. The van der Waals surface area contributed by atoms with Crippen LogP contribution < -0.4 is 5.32 Å². The van der Waals surface area contributed by atoms with Crippen molar-refractivity contribution in [3.05, 3.63) is 35.6 Å². The predicted molar refractivity (Wildman–Crippen MR) is 93.7 cm³/mol. The van der Waals surface area contributed by atoms with Gasteiger partial charge < -0.3 is 9.08 Å². The number of fused-ring (bicyclic) bond motifs is 1. The molecule has 0 spiro atoms. The molecule has 0 bridgehead atoms. The number of urea groups is 1. The number of carbonyl (C=O) groups excluding carboxylic acids is 1. The number of aryl methyl sites for hydroxylation is 1. The maximum Gasteiger partial charge on any atom is 0.534 e. The Hall–Kier alpha value is -2.34. The summed E-state index contributed by atoms with van der Waals surface area (Å²) in [5, 5.41) is 3.03. The van der Waals surface area contributed by atoms with Crippen LogP contribution in [0.15, 0.2) is 30.0 Å². The van der Waals surface area contributed by atoms with Gasteiger partial charge in [-0.15, -0.1) is 0 Å². The molecule has 0 radical (unpaired) electrons. The van der Waals surface area contributed by atoms with Crippen molar-refractivity contribution in [2.45, 2.75) is 18.9 Å². The summed E-state index contributed by atoms with van der Waals surface area (Å²) in [6.45, 7) is 1.86. The fourth-order valence-electron chi connectivity index (χ4n) is 2.35. The van der Waals surface area contributed by atoms with E-state index in [1.165, 1.54) is 16.2 Å². The number of rotatable bonds is 3. The number of nitrogens with one attached hydrogen (secondary N) is 1. The maximum absolute atomic E-state index is 12.3. The van der Waals surface area contributed by atoms with Crippen molar-refractivity contribution in [1.29, 1.82) is 0 Å². The van der Waals surface area contributed by atoms with Crippen LogP contribution in [0.3, 0.4) is 0 Å². The molecule has 2 aromatic rings. The zero-order chi connectivity index (χ0) is 19.8. The van der Waals surface area contributed by atoms with E-state index in [1.54, 1.807) is 0 Å². The van der Waals surface area contributed by atoms with Gasteiger partial charge in [-0.05, 0) is 30.7 Å². The first-order valence-corrected chi connectivity index (χ1v) is 9.90. The normalized spacial score (nSPS) is 15.6. The second kappa shape index (κ2) is 7.00. The van der Waals surface area contributed by atoms with Crippen LogP contribution in [0.1, 0.15) is 12.0 Å². The van der Waals surface area contributed by atoms with Crippen LogP contribution in [0.2, 0.25) is 0 Å². The van der Waals surface area contributed by atoms with Gasteiger partial charge in [0.15, 0.2) is 5.13 Å². The fourth-order valence-corrected chi connectivity index (χ4v) is 3.84. The Morgan fingerprint density at radius 2 is 2.11 bits per heavy atom. The minimum Gasteiger partial charge on any atom is -0.381 e. The number of benzene rings is 1. The number of anilines is 1. The standard InChI is InChI=1S/C15H14F3N3O4S2/c1-9-2-3-11-12(8-9)26-13(19-11)20-14(22)21-6-4-10(5-7-21)25-27(23,24)15(16,17)18/h2-4,8H,5-7H2,1H3,(H,19,20,22). The first-order valence-electron chi connectivity index (χ1n) is 7.68. The monoisotopic (exact) mass is 421 g/mol. The number of hydrogen-bond acceptors (Lipinski definition) is 6. The van der Waals surface area contributed by atoms with Gasteiger partial charge in [-0.2, -0.15) is 21.6 Å². The lowest BCUT2D eigenvalue weighted by atomic mass is 10.2. The third kappa shape index (κ3) is 4.33. The number of halogens is 3. The molecule has 0 saturated heterocycles. The maximum atomic E-state index is 12.3. The summed E-state index contributed by atoms with van der Waals surface area (Å²) in [5.74, 6) is -0.341. The van der Waals surface area contributed by atoms with Gasteiger partial charge in [0.05, 0.1) is 10.2 Å². The highest BCUT2D eigenvalue weighted by atomic mass is 32.2. The topological polar surface area (TPSA) is 88.6 Å². The lowest BCUT2D eigenvalue weighted by Gasteiger charge is -2.25. The summed E-state index contributed by atoms with van der Waals surface area (Å²) >= 11 is 1.30. The van der Waals surface area contributed by atoms with Gasteiger partial charge >= 0.3 is 21.7 Å². The summed E-state index contributed by atoms with van der Waals surface area (Å²) in [7, 11) is -5.70. The van der Waals surface area contributed by atoms with Gasteiger partial charge in [0.2, 0.25) is 0 Å². The van der Waals surface area contributed by atoms with Crippen molar-refractivity contribution in [2.24, 2.45) is 0 Å². The van der Waals surface area contributed by atoms with Crippen LogP contribution in [0, 0.1) is 6.92 Å². The van der Waals surface area contributed by atoms with Gasteiger partial charge in [0.25, 0.3) is 0 Å². The SMILES string of the molecule is Cc1ccc2nc(NC(=O)N3CC=C(OS(=O)(=O)C(F)(F)F)CC3)sc2c1. The smallest absolute Gasteiger partial charge is 0.381 e. The molecule has 1 aromatic heterocycles. The van der Waals surface area contributed by atoms with Gasteiger partial charge in [0, 0.05) is 19.5 Å². The lowest BCUT2D eigenvalue weighted by molar-refractivity contribution is -0.0524. The number of aromatic nitrogens is 1. The summed E-state index contributed by atoms with van der Waals surface area (Å²) in [6.07, 6.45) is 0.982. The minimum absolute atomic E-state index is 0.00898. The zero-order valence-corrected chi connectivity index (χ0v) is 15.5. The molecule has 0 fully saturated rings. The molecule has 3 rings (SSSR count). The summed E-state index contributed by atoms with van der Waals surface area (Å²) in [5.41, 5.74) is -3.69. The minimum atomic E-state index is -5.70. The van der Waals surface area contributed by atoms with Crippen LogP contribution >= 0.6 is 11.3 Å². The van der Waals surface area contributed by atoms with Gasteiger partial charge in [-0.25, -0.2) is 9.78 Å². The molecule has 2 amide bonds. The highest BCUT2D eigenvalue weighted by Gasteiger charge is 2.49. The third-order valence-electron chi connectivity index (χ3n) is 3.71. The fraction of sp³-hybridized carbons (Fsp3) is 0.333. The molecule has 12 heteroatoms. The number of hydrogen-bond donors (Lipinski definition) is 1. The number of nitrogens with zero attached hydrogens (tertiary/aromatic N) is 2. The quantitative estimate of drug-likeness (QED) is 0.604. The summed E-state index contributed by atoms with van der Waals surface area (Å²) in [4.78, 5) is 17.9. The van der Waals surface area contributed by atoms with E-state index in [0.29, 0.717) is 5.13 Å². The van der Waals surface area contributed by atoms with Crippen LogP contribution in [0.5, 0.6) is 0 Å². The van der Waals surface area contributed by atoms with E-state index < -0.39 is 21.7 Å². The van der Waals surface area contributed by atoms with Crippen molar-refractivity contribution in [1.82, 2.24) is 9.88 Å². The number of amides is 2. The Balaban J connectivity index is 1.63. The Bertz CT molecular complexity index is 1010. The van der Waals surface area contributed by atoms with Crippen LogP contribution in [0.25, 0.3) is 10.2 Å².